The van der Waals surface area contributed by atoms with E-state index in [4.69, 9.17) is 0 Å². The number of rotatable bonds is 2. The Bertz CT molecular complexity index is 820. The fraction of sp³-hybridized carbons (Fsp3) is 0.556. The molecule has 1 spiro atoms. The van der Waals surface area contributed by atoms with Crippen molar-refractivity contribution in [3.8, 4) is 0 Å². The summed E-state index contributed by atoms with van der Waals surface area (Å²) >= 11 is 1.11. The Hall–Kier alpha value is -1.60. The lowest BCUT2D eigenvalue weighted by Crippen LogP contribution is -2.36. The van der Waals surface area contributed by atoms with Crippen LogP contribution in [0.2, 0.25) is 0 Å². The van der Waals surface area contributed by atoms with Gasteiger partial charge in [0.1, 0.15) is 11.3 Å². The third-order valence-corrected chi connectivity index (χ3v) is 6.50. The molecule has 0 bridgehead atoms. The first-order valence-electron chi connectivity index (χ1n) is 8.69. The number of anilines is 1. The minimum absolute atomic E-state index is 0.0335. The van der Waals surface area contributed by atoms with E-state index in [1.807, 2.05) is 0 Å². The minimum Gasteiger partial charge on any atom is -0.306 e. The summed E-state index contributed by atoms with van der Waals surface area (Å²) in [6.07, 6.45) is 5.18. The Balaban J connectivity index is 1.49. The number of aromatic nitrogens is 1. The van der Waals surface area contributed by atoms with Crippen molar-refractivity contribution >= 4 is 32.6 Å². The van der Waals surface area contributed by atoms with E-state index in [0.717, 1.165) is 56.2 Å². The number of amides is 1. The van der Waals surface area contributed by atoms with Crippen molar-refractivity contribution in [2.45, 2.75) is 32.1 Å². The number of halogens is 2. The molecule has 1 amide bonds. The van der Waals surface area contributed by atoms with E-state index in [-0.39, 0.29) is 22.8 Å². The van der Waals surface area contributed by atoms with Gasteiger partial charge in [0.15, 0.2) is 10.9 Å². The number of fused-ring (bicyclic) bond motifs is 1. The first kappa shape index (κ1) is 16.8. The summed E-state index contributed by atoms with van der Waals surface area (Å²) < 4.78 is 27.5. The molecule has 4 nitrogen and oxygen atoms in total. The van der Waals surface area contributed by atoms with Crippen LogP contribution in [0.3, 0.4) is 0 Å². The highest BCUT2D eigenvalue weighted by molar-refractivity contribution is 7.22. The van der Waals surface area contributed by atoms with Crippen LogP contribution in [0.4, 0.5) is 13.9 Å². The number of hydrogen-bond donors (Lipinski definition) is 1. The van der Waals surface area contributed by atoms with Crippen molar-refractivity contribution in [2.24, 2.45) is 11.3 Å². The lowest BCUT2D eigenvalue weighted by Gasteiger charge is -2.37. The summed E-state index contributed by atoms with van der Waals surface area (Å²) in [6, 6.07) is 2.06. The molecule has 25 heavy (non-hydrogen) atoms. The second-order valence-electron chi connectivity index (χ2n) is 7.52. The van der Waals surface area contributed by atoms with Gasteiger partial charge in [0.05, 0.1) is 4.70 Å². The number of nitrogens with zero attached hydrogens (tertiary/aromatic N) is 2. The molecule has 1 aromatic heterocycles. The number of nitrogens with one attached hydrogen (secondary N) is 1. The lowest BCUT2D eigenvalue weighted by molar-refractivity contribution is -0.122. The maximum atomic E-state index is 13.8. The Morgan fingerprint density at radius 2 is 2.24 bits per heavy atom. The van der Waals surface area contributed by atoms with Crippen molar-refractivity contribution in [1.29, 1.82) is 0 Å². The molecular weight excluding hydrogens is 344 g/mol. The van der Waals surface area contributed by atoms with Crippen LogP contribution < -0.4 is 5.32 Å². The van der Waals surface area contributed by atoms with Crippen molar-refractivity contribution in [3.05, 3.63) is 23.8 Å². The molecule has 2 atom stereocenters. The van der Waals surface area contributed by atoms with Crippen LogP contribution >= 0.6 is 11.3 Å². The van der Waals surface area contributed by atoms with Crippen LogP contribution in [-0.2, 0) is 4.79 Å². The largest absolute Gasteiger partial charge is 0.306 e. The second kappa shape index (κ2) is 6.29. The Morgan fingerprint density at radius 1 is 1.40 bits per heavy atom. The van der Waals surface area contributed by atoms with Crippen molar-refractivity contribution in [1.82, 2.24) is 9.88 Å². The van der Waals surface area contributed by atoms with Gasteiger partial charge in [-0.25, -0.2) is 13.8 Å². The van der Waals surface area contributed by atoms with Gasteiger partial charge in [-0.1, -0.05) is 17.8 Å². The molecule has 2 fully saturated rings. The summed E-state index contributed by atoms with van der Waals surface area (Å²) in [5.74, 6) is -1.41. The van der Waals surface area contributed by atoms with Crippen LogP contribution in [0.15, 0.2) is 12.1 Å². The molecule has 1 N–H and O–H groups in total. The molecule has 1 saturated carbocycles. The third-order valence-electron chi connectivity index (χ3n) is 5.58. The quantitative estimate of drug-likeness (QED) is 0.874. The lowest BCUT2D eigenvalue weighted by atomic mass is 9.69. The van der Waals surface area contributed by atoms with Crippen LogP contribution in [0.1, 0.15) is 32.1 Å². The van der Waals surface area contributed by atoms with E-state index in [1.54, 1.807) is 0 Å². The monoisotopic (exact) mass is 365 g/mol. The molecule has 2 unspecified atom stereocenters. The van der Waals surface area contributed by atoms with Crippen molar-refractivity contribution in [3.63, 3.8) is 0 Å². The van der Waals surface area contributed by atoms with E-state index < -0.39 is 11.6 Å². The summed E-state index contributed by atoms with van der Waals surface area (Å²) in [6.45, 7) is 2.15. The minimum atomic E-state index is -0.697. The van der Waals surface area contributed by atoms with Gasteiger partial charge < -0.3 is 10.2 Å². The van der Waals surface area contributed by atoms with Crippen molar-refractivity contribution < 1.29 is 13.6 Å². The number of benzene rings is 1. The van der Waals surface area contributed by atoms with Gasteiger partial charge >= 0.3 is 0 Å². The third kappa shape index (κ3) is 3.27. The zero-order chi connectivity index (χ0) is 17.6. The van der Waals surface area contributed by atoms with Gasteiger partial charge in [0.2, 0.25) is 5.91 Å². The predicted octanol–water partition coefficient (Wildman–Crippen LogP) is 4.03. The standard InChI is InChI=1S/C18H21F2N3OS/c1-23-6-5-18(10-23)4-2-3-11(9-18)16(24)22-17-21-15-13(20)7-12(19)8-14(15)25-17/h7-8,11H,2-6,9-10H2,1H3,(H,21,22,24). The van der Waals surface area contributed by atoms with E-state index in [1.165, 1.54) is 12.5 Å². The first-order valence-corrected chi connectivity index (χ1v) is 9.51. The fourth-order valence-corrected chi connectivity index (χ4v) is 5.33. The van der Waals surface area contributed by atoms with Crippen LogP contribution in [0.5, 0.6) is 0 Å². The zero-order valence-electron chi connectivity index (χ0n) is 14.1. The number of thiazole rings is 1. The number of likely N-dealkylation sites (tertiary alicyclic amines) is 1. The van der Waals surface area contributed by atoms with Gasteiger partial charge in [-0.15, -0.1) is 0 Å². The summed E-state index contributed by atoms with van der Waals surface area (Å²) in [5.41, 5.74) is 0.372. The smallest absolute Gasteiger partial charge is 0.229 e. The molecule has 1 aromatic carbocycles. The predicted molar refractivity (Wildman–Crippen MR) is 94.7 cm³/mol. The maximum Gasteiger partial charge on any atom is 0.229 e. The number of carbonyl (C=O) groups is 1. The zero-order valence-corrected chi connectivity index (χ0v) is 15.0. The Labute approximate surface area is 149 Å². The first-order chi connectivity index (χ1) is 11.9. The van der Waals surface area contributed by atoms with Gasteiger partial charge in [0, 0.05) is 18.5 Å². The highest BCUT2D eigenvalue weighted by atomic mass is 32.1. The maximum absolute atomic E-state index is 13.8. The Kier molecular flexibility index (Phi) is 4.24. The molecule has 2 aliphatic rings. The van der Waals surface area contributed by atoms with E-state index >= 15 is 0 Å². The van der Waals surface area contributed by atoms with Gasteiger partial charge in [0.25, 0.3) is 0 Å². The highest BCUT2D eigenvalue weighted by Gasteiger charge is 2.42. The van der Waals surface area contributed by atoms with E-state index in [0.29, 0.717) is 9.83 Å². The van der Waals surface area contributed by atoms with E-state index in [2.05, 4.69) is 22.2 Å². The summed E-state index contributed by atoms with van der Waals surface area (Å²) in [4.78, 5) is 19.2. The number of carbonyl (C=O) groups excluding carboxylic acids is 1. The van der Waals surface area contributed by atoms with Gasteiger partial charge in [-0.2, -0.15) is 0 Å². The molecule has 134 valence electrons. The molecule has 4 rings (SSSR count). The molecule has 1 aliphatic heterocycles. The summed E-state index contributed by atoms with van der Waals surface area (Å²) in [5, 5.41) is 3.17. The van der Waals surface area contributed by atoms with Gasteiger partial charge in [-0.05, 0) is 50.8 Å². The van der Waals surface area contributed by atoms with Crippen LogP contribution in [-0.4, -0.2) is 35.9 Å². The van der Waals surface area contributed by atoms with Crippen molar-refractivity contribution in [2.75, 3.05) is 25.5 Å². The highest BCUT2D eigenvalue weighted by Crippen LogP contribution is 2.46. The molecular formula is C18H21F2N3OS. The molecule has 1 aliphatic carbocycles. The topological polar surface area (TPSA) is 45.2 Å². The molecule has 2 heterocycles. The average Bonchev–Trinajstić information content (AvgIpc) is 3.11. The Morgan fingerprint density at radius 3 is 3.00 bits per heavy atom. The molecule has 7 heteroatoms. The molecule has 2 aromatic rings. The van der Waals surface area contributed by atoms with Gasteiger partial charge in [-0.3, -0.25) is 4.79 Å². The number of hydrogen-bond acceptors (Lipinski definition) is 4. The second-order valence-corrected chi connectivity index (χ2v) is 8.55. The normalized spacial score (nSPS) is 27.2. The molecule has 1 saturated heterocycles. The average molecular weight is 365 g/mol. The molecule has 0 radical (unpaired) electrons. The summed E-state index contributed by atoms with van der Waals surface area (Å²) in [7, 11) is 2.13. The van der Waals surface area contributed by atoms with Crippen LogP contribution in [0, 0.1) is 23.0 Å². The van der Waals surface area contributed by atoms with Crippen LogP contribution in [0.25, 0.3) is 10.2 Å². The van der Waals surface area contributed by atoms with E-state index in [9.17, 15) is 13.6 Å². The fourth-order valence-electron chi connectivity index (χ4n) is 4.42. The SMILES string of the molecule is CN1CCC2(CCCC(C(=O)Nc3nc4c(F)cc(F)cc4s3)C2)C1.